The molecule has 0 heterocycles. The summed E-state index contributed by atoms with van der Waals surface area (Å²) in [5, 5.41) is 12.3. The van der Waals surface area contributed by atoms with Crippen LogP contribution >= 0.6 is 15.9 Å². The Hall–Kier alpha value is -4.61. The lowest BCUT2D eigenvalue weighted by atomic mass is 10.1. The van der Waals surface area contributed by atoms with Crippen molar-refractivity contribution in [1.29, 1.82) is 5.26 Å². The van der Waals surface area contributed by atoms with E-state index in [9.17, 15) is 14.4 Å². The van der Waals surface area contributed by atoms with Gasteiger partial charge in [0.15, 0.2) is 11.5 Å². The van der Waals surface area contributed by atoms with Gasteiger partial charge in [-0.1, -0.05) is 52.3 Å². The molecule has 1 amide bonds. The number of anilines is 1. The summed E-state index contributed by atoms with van der Waals surface area (Å²) in [5.41, 5.74) is 2.68. The van der Waals surface area contributed by atoms with Gasteiger partial charge in [-0.3, -0.25) is 4.79 Å². The number of carbonyl (C=O) groups excluding carboxylic acids is 1. The van der Waals surface area contributed by atoms with E-state index in [0.717, 1.165) is 15.6 Å². The van der Waals surface area contributed by atoms with Crippen LogP contribution in [0.2, 0.25) is 0 Å². The second-order valence-corrected chi connectivity index (χ2v) is 9.51. The first kappa shape index (κ1) is 28.4. The van der Waals surface area contributed by atoms with Gasteiger partial charge >= 0.3 is 0 Å². The maximum absolute atomic E-state index is 13.2. The predicted octanol–water partition coefficient (Wildman–Crippen LogP) is 7.69. The highest BCUT2D eigenvalue weighted by atomic mass is 79.9. The van der Waals surface area contributed by atoms with Crippen LogP contribution in [-0.4, -0.2) is 12.5 Å². The second kappa shape index (κ2) is 14.0. The van der Waals surface area contributed by atoms with Crippen molar-refractivity contribution in [2.24, 2.45) is 0 Å². The number of rotatable bonds is 11. The molecule has 0 saturated heterocycles. The van der Waals surface area contributed by atoms with Crippen molar-refractivity contribution in [1.82, 2.24) is 0 Å². The first-order chi connectivity index (χ1) is 19.4. The zero-order valence-corrected chi connectivity index (χ0v) is 23.3. The number of nitriles is 1. The summed E-state index contributed by atoms with van der Waals surface area (Å²) >= 11 is 3.43. The Bertz CT molecular complexity index is 1530. The van der Waals surface area contributed by atoms with E-state index in [-0.39, 0.29) is 12.2 Å². The molecular formula is C32H26BrFN2O4. The maximum atomic E-state index is 13.2. The Morgan fingerprint density at radius 2 is 1.57 bits per heavy atom. The van der Waals surface area contributed by atoms with E-state index in [1.807, 2.05) is 67.6 Å². The van der Waals surface area contributed by atoms with Crippen LogP contribution in [-0.2, 0) is 18.0 Å². The highest BCUT2D eigenvalue weighted by molar-refractivity contribution is 9.10. The Kier molecular flexibility index (Phi) is 9.92. The lowest BCUT2D eigenvalue weighted by molar-refractivity contribution is -0.112. The largest absolute Gasteiger partial charge is 0.490 e. The fraction of sp³-hybridized carbons (Fsp3) is 0.125. The molecule has 4 rings (SSSR count). The molecule has 8 heteroatoms. The van der Waals surface area contributed by atoms with Crippen LogP contribution in [0.15, 0.2) is 101 Å². The number of halogens is 2. The minimum absolute atomic E-state index is 0.133. The summed E-state index contributed by atoms with van der Waals surface area (Å²) in [4.78, 5) is 12.7. The average molecular weight is 601 g/mol. The fourth-order valence-corrected chi connectivity index (χ4v) is 4.10. The molecule has 40 heavy (non-hydrogen) atoms. The molecule has 1 N–H and O–H groups in total. The van der Waals surface area contributed by atoms with Crippen LogP contribution in [0.5, 0.6) is 17.2 Å². The summed E-state index contributed by atoms with van der Waals surface area (Å²) in [6.07, 6.45) is 1.45. The first-order valence-electron chi connectivity index (χ1n) is 12.5. The summed E-state index contributed by atoms with van der Waals surface area (Å²) < 4.78 is 31.8. The van der Waals surface area contributed by atoms with Gasteiger partial charge in [-0.25, -0.2) is 4.39 Å². The molecular weight excluding hydrogens is 575 g/mol. The molecule has 0 aliphatic heterocycles. The predicted molar refractivity (Wildman–Crippen MR) is 155 cm³/mol. The number of ether oxygens (including phenoxy) is 3. The zero-order chi connectivity index (χ0) is 28.3. The molecule has 0 saturated carbocycles. The van der Waals surface area contributed by atoms with Gasteiger partial charge in [-0.2, -0.15) is 5.26 Å². The van der Waals surface area contributed by atoms with Gasteiger partial charge in [0.05, 0.1) is 6.61 Å². The lowest BCUT2D eigenvalue weighted by Gasteiger charge is -2.15. The van der Waals surface area contributed by atoms with Crippen LogP contribution in [0.25, 0.3) is 6.08 Å². The van der Waals surface area contributed by atoms with Crippen LogP contribution in [0.1, 0.15) is 23.6 Å². The molecule has 0 radical (unpaired) electrons. The van der Waals surface area contributed by atoms with Crippen LogP contribution in [0.4, 0.5) is 10.1 Å². The quantitative estimate of drug-likeness (QED) is 0.141. The number of nitrogens with one attached hydrogen (secondary N) is 1. The molecule has 4 aromatic carbocycles. The number of hydrogen-bond acceptors (Lipinski definition) is 5. The minimum atomic E-state index is -0.618. The Labute approximate surface area is 240 Å². The molecule has 0 bridgehead atoms. The third-order valence-electron chi connectivity index (χ3n) is 5.68. The molecule has 0 aliphatic rings. The summed E-state index contributed by atoms with van der Waals surface area (Å²) in [6, 6.07) is 28.0. The van der Waals surface area contributed by atoms with Crippen LogP contribution in [0.3, 0.4) is 0 Å². The van der Waals surface area contributed by atoms with E-state index in [1.54, 1.807) is 12.1 Å². The zero-order valence-electron chi connectivity index (χ0n) is 21.7. The van der Waals surface area contributed by atoms with E-state index in [1.165, 1.54) is 30.3 Å². The maximum Gasteiger partial charge on any atom is 0.266 e. The summed E-state index contributed by atoms with van der Waals surface area (Å²) in [5.74, 6) is 0.681. The van der Waals surface area contributed by atoms with E-state index < -0.39 is 11.7 Å². The molecule has 0 spiro atoms. The number of hydrogen-bond donors (Lipinski definition) is 1. The normalized spacial score (nSPS) is 10.9. The SMILES string of the molecule is CCOc1cc(COc2ccc(Br)cc2/C=C(\C#N)C(=O)Nc2ccc(F)cc2)ccc1OCc1ccccc1. The second-order valence-electron chi connectivity index (χ2n) is 8.59. The van der Waals surface area contributed by atoms with E-state index in [2.05, 4.69) is 21.2 Å². The molecule has 4 aromatic rings. The Morgan fingerprint density at radius 1 is 0.875 bits per heavy atom. The number of amides is 1. The number of carbonyl (C=O) groups is 1. The van der Waals surface area contributed by atoms with Crippen molar-refractivity contribution >= 4 is 33.6 Å². The van der Waals surface area contributed by atoms with Crippen molar-refractivity contribution < 1.29 is 23.4 Å². The van der Waals surface area contributed by atoms with E-state index >= 15 is 0 Å². The van der Waals surface area contributed by atoms with Crippen molar-refractivity contribution in [3.8, 4) is 23.3 Å². The van der Waals surface area contributed by atoms with Crippen molar-refractivity contribution in [2.45, 2.75) is 20.1 Å². The third kappa shape index (κ3) is 7.95. The van der Waals surface area contributed by atoms with Gasteiger partial charge in [0, 0.05) is 15.7 Å². The average Bonchev–Trinajstić information content (AvgIpc) is 2.96. The molecule has 202 valence electrons. The highest BCUT2D eigenvalue weighted by Crippen LogP contribution is 2.31. The van der Waals surface area contributed by atoms with Gasteiger partial charge in [-0.05, 0) is 78.7 Å². The standard InChI is InChI=1S/C32H26BrFN2O4/c1-2-38-31-16-23(8-14-30(31)40-20-22-6-4-3-5-7-22)21-39-29-15-9-26(33)18-24(29)17-25(19-35)32(37)36-28-12-10-27(34)11-13-28/h3-18H,2,20-21H2,1H3,(H,36,37)/b25-17+. The summed E-state index contributed by atoms with van der Waals surface area (Å²) in [6.45, 7) is 3.01. The number of nitrogens with zero attached hydrogens (tertiary/aromatic N) is 1. The Morgan fingerprint density at radius 3 is 2.30 bits per heavy atom. The molecule has 0 aromatic heterocycles. The van der Waals surface area contributed by atoms with Gasteiger partial charge < -0.3 is 19.5 Å². The van der Waals surface area contributed by atoms with Crippen LogP contribution in [0, 0.1) is 17.1 Å². The topological polar surface area (TPSA) is 80.6 Å². The fourth-order valence-electron chi connectivity index (χ4n) is 3.73. The molecule has 0 unspecified atom stereocenters. The summed E-state index contributed by atoms with van der Waals surface area (Å²) in [7, 11) is 0. The first-order valence-corrected chi connectivity index (χ1v) is 13.3. The number of benzene rings is 4. The van der Waals surface area contributed by atoms with E-state index in [0.29, 0.717) is 41.7 Å². The minimum Gasteiger partial charge on any atom is -0.490 e. The van der Waals surface area contributed by atoms with Gasteiger partial charge in [0.2, 0.25) is 0 Å². The molecule has 0 fully saturated rings. The lowest BCUT2D eigenvalue weighted by Crippen LogP contribution is -2.13. The van der Waals surface area contributed by atoms with Gasteiger partial charge in [0.25, 0.3) is 5.91 Å². The smallest absolute Gasteiger partial charge is 0.266 e. The van der Waals surface area contributed by atoms with E-state index in [4.69, 9.17) is 14.2 Å². The molecule has 0 atom stereocenters. The Balaban J connectivity index is 1.49. The monoisotopic (exact) mass is 600 g/mol. The highest BCUT2D eigenvalue weighted by Gasteiger charge is 2.13. The van der Waals surface area contributed by atoms with Crippen molar-refractivity contribution in [3.05, 3.63) is 124 Å². The molecule has 6 nitrogen and oxygen atoms in total. The van der Waals surface area contributed by atoms with Crippen molar-refractivity contribution in [3.63, 3.8) is 0 Å². The molecule has 0 aliphatic carbocycles. The van der Waals surface area contributed by atoms with Gasteiger partial charge in [0.1, 0.15) is 36.4 Å². The van der Waals surface area contributed by atoms with Gasteiger partial charge in [-0.15, -0.1) is 0 Å². The van der Waals surface area contributed by atoms with Crippen LogP contribution < -0.4 is 19.5 Å². The van der Waals surface area contributed by atoms with Crippen molar-refractivity contribution in [2.75, 3.05) is 11.9 Å². The third-order valence-corrected chi connectivity index (χ3v) is 6.17.